The van der Waals surface area contributed by atoms with Gasteiger partial charge in [0.1, 0.15) is 5.17 Å². The number of allylic oxidation sites excluding steroid dienone is 1. The van der Waals surface area contributed by atoms with Gasteiger partial charge in [-0.15, -0.1) is 6.58 Å². The molecule has 0 heterocycles. The molecule has 0 aromatic heterocycles. The summed E-state index contributed by atoms with van der Waals surface area (Å²) in [4.78, 5) is 0. The highest BCUT2D eigenvalue weighted by Gasteiger charge is 1.88. The highest BCUT2D eigenvalue weighted by atomic mass is 35.5. The third-order valence-corrected chi connectivity index (χ3v) is 0.928. The van der Waals surface area contributed by atoms with E-state index in [1.54, 1.807) is 6.08 Å². The molecule has 0 saturated heterocycles. The quantitative estimate of drug-likeness (QED) is 0.272. The van der Waals surface area contributed by atoms with Gasteiger partial charge in [0, 0.05) is 6.42 Å². The normalized spacial score (nSPS) is 11.4. The van der Waals surface area contributed by atoms with E-state index in [2.05, 4.69) is 11.7 Å². The molecule has 0 aliphatic rings. The first-order valence-corrected chi connectivity index (χ1v) is 2.66. The second-order valence-electron chi connectivity index (χ2n) is 1.30. The molecule has 3 heteroatoms. The van der Waals surface area contributed by atoms with Gasteiger partial charge in [0.15, 0.2) is 0 Å². The van der Waals surface area contributed by atoms with Crippen molar-refractivity contribution in [3.63, 3.8) is 0 Å². The molecule has 0 spiro atoms. The summed E-state index contributed by atoms with van der Waals surface area (Å²) in [6, 6.07) is 0. The molecule has 0 saturated carbocycles. The van der Waals surface area contributed by atoms with Gasteiger partial charge in [-0.2, -0.15) is 0 Å². The van der Waals surface area contributed by atoms with E-state index in [1.165, 1.54) is 0 Å². The summed E-state index contributed by atoms with van der Waals surface area (Å²) in [5, 5.41) is 11.0. The first-order chi connectivity index (χ1) is 3.81. The van der Waals surface area contributed by atoms with Crippen LogP contribution in [0.5, 0.6) is 0 Å². The molecule has 0 bridgehead atoms. The average molecular weight is 134 g/mol. The number of hydrogen-bond donors (Lipinski definition) is 1. The zero-order chi connectivity index (χ0) is 6.41. The van der Waals surface area contributed by atoms with Crippen molar-refractivity contribution in [1.82, 2.24) is 0 Å². The Morgan fingerprint density at radius 3 is 2.88 bits per heavy atom. The summed E-state index contributed by atoms with van der Waals surface area (Å²) in [5.74, 6) is 0. The van der Waals surface area contributed by atoms with E-state index in [1.807, 2.05) is 0 Å². The van der Waals surface area contributed by atoms with Gasteiger partial charge in [-0.1, -0.05) is 22.8 Å². The molecular formula is C5H8ClNO. The lowest BCUT2D eigenvalue weighted by Crippen LogP contribution is -1.83. The van der Waals surface area contributed by atoms with Crippen molar-refractivity contribution in [2.75, 3.05) is 0 Å². The summed E-state index contributed by atoms with van der Waals surface area (Å²) >= 11 is 5.30. The lowest BCUT2D eigenvalue weighted by molar-refractivity contribution is 0.319. The van der Waals surface area contributed by atoms with Crippen molar-refractivity contribution in [1.29, 1.82) is 0 Å². The van der Waals surface area contributed by atoms with Crippen molar-refractivity contribution < 1.29 is 5.21 Å². The van der Waals surface area contributed by atoms with Crippen LogP contribution in [0.3, 0.4) is 0 Å². The van der Waals surface area contributed by atoms with Crippen LogP contribution in [-0.4, -0.2) is 10.4 Å². The van der Waals surface area contributed by atoms with Gasteiger partial charge in [0.2, 0.25) is 0 Å². The summed E-state index contributed by atoms with van der Waals surface area (Å²) < 4.78 is 0. The van der Waals surface area contributed by atoms with Crippen molar-refractivity contribution in [2.45, 2.75) is 12.8 Å². The molecule has 0 amide bonds. The highest BCUT2D eigenvalue weighted by Crippen LogP contribution is 1.96. The molecule has 46 valence electrons. The Balaban J connectivity index is 3.24. The van der Waals surface area contributed by atoms with Gasteiger partial charge in [0.05, 0.1) is 0 Å². The van der Waals surface area contributed by atoms with Gasteiger partial charge in [-0.05, 0) is 6.42 Å². The first-order valence-electron chi connectivity index (χ1n) is 2.28. The number of oxime groups is 1. The maximum atomic E-state index is 7.98. The SMILES string of the molecule is C=CCC/C(Cl)=N/O. The van der Waals surface area contributed by atoms with Crippen molar-refractivity contribution in [3.05, 3.63) is 12.7 Å². The smallest absolute Gasteiger partial charge is 0.145 e. The highest BCUT2D eigenvalue weighted by molar-refractivity contribution is 6.65. The van der Waals surface area contributed by atoms with E-state index in [0.29, 0.717) is 6.42 Å². The molecule has 0 aromatic carbocycles. The molecule has 0 rings (SSSR count). The Hall–Kier alpha value is -0.500. The number of halogens is 1. The van der Waals surface area contributed by atoms with Crippen molar-refractivity contribution in [3.8, 4) is 0 Å². The van der Waals surface area contributed by atoms with E-state index < -0.39 is 0 Å². The van der Waals surface area contributed by atoms with E-state index in [4.69, 9.17) is 16.8 Å². The standard InChI is InChI=1S/C5H8ClNO/c1-2-3-4-5(6)7-8/h2,8H,1,3-4H2/b7-5-. The van der Waals surface area contributed by atoms with Gasteiger partial charge < -0.3 is 5.21 Å². The summed E-state index contributed by atoms with van der Waals surface area (Å²) in [6.45, 7) is 3.47. The monoisotopic (exact) mass is 133 g/mol. The molecule has 0 radical (unpaired) electrons. The fourth-order valence-electron chi connectivity index (χ4n) is 0.271. The fraction of sp³-hybridized carbons (Fsp3) is 0.400. The zero-order valence-electron chi connectivity index (χ0n) is 4.47. The van der Waals surface area contributed by atoms with Crippen LogP contribution in [0, 0.1) is 0 Å². The minimum Gasteiger partial charge on any atom is -0.410 e. The Morgan fingerprint density at radius 2 is 2.50 bits per heavy atom. The molecule has 0 fully saturated rings. The van der Waals surface area contributed by atoms with Crippen LogP contribution in [0.2, 0.25) is 0 Å². The fourth-order valence-corrected chi connectivity index (χ4v) is 0.380. The molecule has 0 atom stereocenters. The summed E-state index contributed by atoms with van der Waals surface area (Å²) in [7, 11) is 0. The minimum atomic E-state index is 0.227. The average Bonchev–Trinajstić information content (AvgIpc) is 1.83. The van der Waals surface area contributed by atoms with Crippen LogP contribution < -0.4 is 0 Å². The maximum absolute atomic E-state index is 7.98. The Bertz CT molecular complexity index is 101. The van der Waals surface area contributed by atoms with E-state index in [9.17, 15) is 0 Å². The molecule has 2 nitrogen and oxygen atoms in total. The lowest BCUT2D eigenvalue weighted by atomic mass is 10.3. The van der Waals surface area contributed by atoms with Gasteiger partial charge >= 0.3 is 0 Å². The topological polar surface area (TPSA) is 32.6 Å². The summed E-state index contributed by atoms with van der Waals surface area (Å²) in [5.41, 5.74) is 0. The maximum Gasteiger partial charge on any atom is 0.145 e. The first kappa shape index (κ1) is 7.50. The predicted molar refractivity (Wildman–Crippen MR) is 34.5 cm³/mol. The van der Waals surface area contributed by atoms with Crippen molar-refractivity contribution in [2.24, 2.45) is 5.16 Å². The van der Waals surface area contributed by atoms with Gasteiger partial charge in [-0.25, -0.2) is 0 Å². The van der Waals surface area contributed by atoms with Crippen LogP contribution >= 0.6 is 11.6 Å². The van der Waals surface area contributed by atoms with Crippen LogP contribution in [-0.2, 0) is 0 Å². The zero-order valence-corrected chi connectivity index (χ0v) is 5.23. The predicted octanol–water partition coefficient (Wildman–Crippen LogP) is 1.98. The number of hydrogen-bond acceptors (Lipinski definition) is 2. The Labute approximate surface area is 53.5 Å². The van der Waals surface area contributed by atoms with Crippen LogP contribution in [0.1, 0.15) is 12.8 Å². The largest absolute Gasteiger partial charge is 0.410 e. The van der Waals surface area contributed by atoms with E-state index in [0.717, 1.165) is 6.42 Å². The van der Waals surface area contributed by atoms with E-state index >= 15 is 0 Å². The third kappa shape index (κ3) is 3.68. The van der Waals surface area contributed by atoms with Crippen LogP contribution in [0.25, 0.3) is 0 Å². The van der Waals surface area contributed by atoms with Gasteiger partial charge in [-0.3, -0.25) is 0 Å². The molecule has 0 unspecified atom stereocenters. The Kier molecular flexibility index (Phi) is 4.36. The molecular weight excluding hydrogens is 126 g/mol. The molecule has 0 aliphatic heterocycles. The van der Waals surface area contributed by atoms with E-state index in [-0.39, 0.29) is 5.17 Å². The lowest BCUT2D eigenvalue weighted by Gasteiger charge is -1.86. The second-order valence-corrected chi connectivity index (χ2v) is 1.74. The molecule has 1 N–H and O–H groups in total. The summed E-state index contributed by atoms with van der Waals surface area (Å²) in [6.07, 6.45) is 3.04. The van der Waals surface area contributed by atoms with Gasteiger partial charge in [0.25, 0.3) is 0 Å². The number of rotatable bonds is 3. The molecule has 0 aliphatic carbocycles. The minimum absolute atomic E-state index is 0.227. The molecule has 8 heavy (non-hydrogen) atoms. The number of nitrogens with zero attached hydrogens (tertiary/aromatic N) is 1. The Morgan fingerprint density at radius 1 is 1.88 bits per heavy atom. The third-order valence-electron chi connectivity index (χ3n) is 0.663. The molecule has 0 aromatic rings. The van der Waals surface area contributed by atoms with Crippen LogP contribution in [0.4, 0.5) is 0 Å². The second kappa shape index (κ2) is 4.65. The van der Waals surface area contributed by atoms with Crippen molar-refractivity contribution >= 4 is 16.8 Å². The van der Waals surface area contributed by atoms with Crippen LogP contribution in [0.15, 0.2) is 17.8 Å².